The van der Waals surface area contributed by atoms with Gasteiger partial charge in [-0.1, -0.05) is 18.6 Å². The molecule has 3 aliphatic rings. The molecule has 2 aliphatic carbocycles. The number of hydrogen-bond acceptors (Lipinski definition) is 1. The van der Waals surface area contributed by atoms with Gasteiger partial charge in [-0.15, -0.1) is 0 Å². The van der Waals surface area contributed by atoms with Crippen LogP contribution < -0.4 is 0 Å². The van der Waals surface area contributed by atoms with Gasteiger partial charge >= 0.3 is 0 Å². The normalized spacial score (nSPS) is 51.3. The van der Waals surface area contributed by atoms with Crippen LogP contribution in [0, 0.1) is 11.3 Å². The summed E-state index contributed by atoms with van der Waals surface area (Å²) < 4.78 is 5.98. The molecule has 0 amide bonds. The summed E-state index contributed by atoms with van der Waals surface area (Å²) in [5.41, 5.74) is 2.11. The van der Waals surface area contributed by atoms with Gasteiger partial charge in [0.2, 0.25) is 0 Å². The number of allylic oxidation sites excluding steroid dienone is 1. The van der Waals surface area contributed by atoms with Crippen LogP contribution in [0.15, 0.2) is 11.6 Å². The number of ether oxygens (including phenoxy) is 1. The summed E-state index contributed by atoms with van der Waals surface area (Å²) in [6, 6.07) is 0. The summed E-state index contributed by atoms with van der Waals surface area (Å²) in [6.45, 7) is 4.65. The highest BCUT2D eigenvalue weighted by molar-refractivity contribution is 5.20. The minimum Gasteiger partial charge on any atom is -0.370 e. The van der Waals surface area contributed by atoms with Crippen molar-refractivity contribution in [1.29, 1.82) is 0 Å². The molecule has 1 heteroatoms. The van der Waals surface area contributed by atoms with Crippen LogP contribution in [0.4, 0.5) is 0 Å². The van der Waals surface area contributed by atoms with Gasteiger partial charge in [0.1, 0.15) is 0 Å². The van der Waals surface area contributed by atoms with Gasteiger partial charge in [0.05, 0.1) is 12.2 Å². The van der Waals surface area contributed by atoms with Crippen LogP contribution in [0.1, 0.15) is 46.0 Å². The monoisotopic (exact) mass is 192 g/mol. The van der Waals surface area contributed by atoms with Crippen molar-refractivity contribution in [1.82, 2.24) is 0 Å². The molecule has 1 aliphatic heterocycles. The molecule has 1 spiro atoms. The predicted octanol–water partition coefficient (Wildman–Crippen LogP) is 3.30. The summed E-state index contributed by atoms with van der Waals surface area (Å²) in [5, 5.41) is 0. The molecule has 1 saturated carbocycles. The van der Waals surface area contributed by atoms with E-state index in [0.29, 0.717) is 17.6 Å². The van der Waals surface area contributed by atoms with E-state index in [4.69, 9.17) is 4.74 Å². The lowest BCUT2D eigenvalue weighted by atomic mass is 9.57. The standard InChI is InChI=1S/C13H20O/c1-9-5-6-13-8-10(2)3-4-11(13)14-12(13)7-9/h7,10-12H,3-6,8H2,1-2H3. The number of hydrogen-bond donors (Lipinski definition) is 0. The zero-order chi connectivity index (χ0) is 9.76. The minimum atomic E-state index is 0.476. The Kier molecular flexibility index (Phi) is 1.82. The van der Waals surface area contributed by atoms with Gasteiger partial charge in [-0.3, -0.25) is 0 Å². The molecule has 4 atom stereocenters. The third kappa shape index (κ3) is 1.05. The molecule has 0 bridgehead atoms. The van der Waals surface area contributed by atoms with Gasteiger partial charge < -0.3 is 4.74 Å². The van der Waals surface area contributed by atoms with Gasteiger partial charge in [-0.25, -0.2) is 0 Å². The smallest absolute Gasteiger partial charge is 0.0843 e. The lowest BCUT2D eigenvalue weighted by Gasteiger charge is -2.60. The molecule has 4 unspecified atom stereocenters. The third-order valence-electron chi connectivity index (χ3n) is 4.59. The Labute approximate surface area is 86.5 Å². The molecule has 1 heterocycles. The molecular formula is C13H20O. The SMILES string of the molecule is CC1=CC2OC3CCC(C)CC23CC1. The Morgan fingerprint density at radius 3 is 3.07 bits per heavy atom. The Balaban J connectivity index is 1.86. The molecule has 0 radical (unpaired) electrons. The molecular weight excluding hydrogens is 172 g/mol. The molecule has 1 saturated heterocycles. The van der Waals surface area contributed by atoms with Crippen LogP contribution in [0.3, 0.4) is 0 Å². The Morgan fingerprint density at radius 2 is 2.29 bits per heavy atom. The van der Waals surface area contributed by atoms with Gasteiger partial charge in [0.25, 0.3) is 0 Å². The van der Waals surface area contributed by atoms with Crippen molar-refractivity contribution in [3.05, 3.63) is 11.6 Å². The van der Waals surface area contributed by atoms with Crippen LogP contribution in [0.25, 0.3) is 0 Å². The van der Waals surface area contributed by atoms with E-state index < -0.39 is 0 Å². The maximum Gasteiger partial charge on any atom is 0.0843 e. The average molecular weight is 192 g/mol. The lowest BCUT2D eigenvalue weighted by Crippen LogP contribution is -2.62. The summed E-state index contributed by atoms with van der Waals surface area (Å²) in [7, 11) is 0. The van der Waals surface area contributed by atoms with Crippen molar-refractivity contribution < 1.29 is 4.74 Å². The molecule has 0 N–H and O–H groups in total. The first kappa shape index (κ1) is 8.96. The fourth-order valence-corrected chi connectivity index (χ4v) is 3.73. The van der Waals surface area contributed by atoms with Gasteiger partial charge in [0.15, 0.2) is 0 Å². The maximum absolute atomic E-state index is 5.98. The Morgan fingerprint density at radius 1 is 1.43 bits per heavy atom. The van der Waals surface area contributed by atoms with Gasteiger partial charge in [0, 0.05) is 5.41 Å². The molecule has 2 fully saturated rings. The minimum absolute atomic E-state index is 0.476. The zero-order valence-corrected chi connectivity index (χ0v) is 9.25. The first-order chi connectivity index (χ1) is 6.71. The number of rotatable bonds is 0. The summed E-state index contributed by atoms with van der Waals surface area (Å²) >= 11 is 0. The first-order valence-electron chi connectivity index (χ1n) is 6.03. The molecule has 3 rings (SSSR count). The van der Waals surface area contributed by atoms with E-state index in [-0.39, 0.29) is 0 Å². The van der Waals surface area contributed by atoms with E-state index >= 15 is 0 Å². The van der Waals surface area contributed by atoms with E-state index in [1.807, 2.05) is 0 Å². The highest BCUT2D eigenvalue weighted by Gasteiger charge is 2.57. The van der Waals surface area contributed by atoms with Crippen LogP contribution in [0.5, 0.6) is 0 Å². The topological polar surface area (TPSA) is 9.23 Å². The van der Waals surface area contributed by atoms with Crippen molar-refractivity contribution in [2.75, 3.05) is 0 Å². The van der Waals surface area contributed by atoms with Crippen molar-refractivity contribution in [2.45, 2.75) is 58.2 Å². The van der Waals surface area contributed by atoms with Crippen molar-refractivity contribution in [2.24, 2.45) is 11.3 Å². The lowest BCUT2D eigenvalue weighted by molar-refractivity contribution is -0.259. The quantitative estimate of drug-likeness (QED) is 0.535. The Bertz CT molecular complexity index is 281. The largest absolute Gasteiger partial charge is 0.370 e. The van der Waals surface area contributed by atoms with Crippen molar-refractivity contribution in [3.63, 3.8) is 0 Å². The van der Waals surface area contributed by atoms with Gasteiger partial charge in [-0.05, 0) is 44.9 Å². The van der Waals surface area contributed by atoms with E-state index in [9.17, 15) is 0 Å². The maximum atomic E-state index is 5.98. The molecule has 14 heavy (non-hydrogen) atoms. The average Bonchev–Trinajstić information content (AvgIpc) is 2.12. The van der Waals surface area contributed by atoms with E-state index in [1.54, 1.807) is 0 Å². The zero-order valence-electron chi connectivity index (χ0n) is 9.25. The summed E-state index contributed by atoms with van der Waals surface area (Å²) in [6.07, 6.45) is 10.3. The highest BCUT2D eigenvalue weighted by atomic mass is 16.5. The molecule has 0 aromatic heterocycles. The second kappa shape index (κ2) is 2.85. The van der Waals surface area contributed by atoms with Crippen LogP contribution >= 0.6 is 0 Å². The van der Waals surface area contributed by atoms with Crippen LogP contribution in [0.2, 0.25) is 0 Å². The molecule has 0 aromatic carbocycles. The van der Waals surface area contributed by atoms with Gasteiger partial charge in [-0.2, -0.15) is 0 Å². The van der Waals surface area contributed by atoms with Crippen LogP contribution in [-0.4, -0.2) is 12.2 Å². The third-order valence-corrected chi connectivity index (χ3v) is 4.59. The fraction of sp³-hybridized carbons (Fsp3) is 0.846. The van der Waals surface area contributed by atoms with E-state index in [2.05, 4.69) is 19.9 Å². The predicted molar refractivity (Wildman–Crippen MR) is 57.1 cm³/mol. The first-order valence-corrected chi connectivity index (χ1v) is 6.03. The molecule has 78 valence electrons. The second-order valence-corrected chi connectivity index (χ2v) is 5.68. The molecule has 1 nitrogen and oxygen atoms in total. The summed E-state index contributed by atoms with van der Waals surface area (Å²) in [4.78, 5) is 0. The highest BCUT2D eigenvalue weighted by Crippen LogP contribution is 2.57. The fourth-order valence-electron chi connectivity index (χ4n) is 3.73. The summed E-state index contributed by atoms with van der Waals surface area (Å²) in [5.74, 6) is 0.921. The van der Waals surface area contributed by atoms with Crippen molar-refractivity contribution in [3.8, 4) is 0 Å². The van der Waals surface area contributed by atoms with Crippen LogP contribution in [-0.2, 0) is 4.74 Å². The second-order valence-electron chi connectivity index (χ2n) is 5.68. The molecule has 0 aromatic rings. The van der Waals surface area contributed by atoms with Crippen molar-refractivity contribution >= 4 is 0 Å². The van der Waals surface area contributed by atoms with E-state index in [0.717, 1.165) is 5.92 Å². The Hall–Kier alpha value is -0.300. The van der Waals surface area contributed by atoms with E-state index in [1.165, 1.54) is 37.7 Å².